The fourth-order valence-electron chi connectivity index (χ4n) is 5.13. The number of alkyl halides is 1. The molecule has 1 amide bonds. The molecule has 1 unspecified atom stereocenters. The van der Waals surface area contributed by atoms with Crippen LogP contribution < -0.4 is 15.4 Å². The molecule has 0 bridgehead atoms. The van der Waals surface area contributed by atoms with E-state index < -0.39 is 11.3 Å². The largest absolute Gasteiger partial charge is 0.438 e. The number of hydrogen-bond donors (Lipinski definition) is 2. The van der Waals surface area contributed by atoms with E-state index in [1.807, 2.05) is 0 Å². The molecule has 6 rings (SSSR count). The molecule has 10 heteroatoms. The lowest BCUT2D eigenvalue weighted by atomic mass is 9.73. The van der Waals surface area contributed by atoms with Crippen LogP contribution in [0.2, 0.25) is 0 Å². The zero-order chi connectivity index (χ0) is 22.6. The van der Waals surface area contributed by atoms with Crippen molar-refractivity contribution < 1.29 is 9.53 Å². The van der Waals surface area contributed by atoms with Crippen molar-refractivity contribution in [3.05, 3.63) is 53.4 Å². The van der Waals surface area contributed by atoms with Crippen molar-refractivity contribution in [1.29, 1.82) is 0 Å². The molecule has 168 valence electrons. The van der Waals surface area contributed by atoms with E-state index in [0.29, 0.717) is 11.2 Å². The van der Waals surface area contributed by atoms with Crippen molar-refractivity contribution in [2.24, 2.45) is 16.1 Å². The Hall–Kier alpha value is -3.30. The predicted molar refractivity (Wildman–Crippen MR) is 124 cm³/mol. The van der Waals surface area contributed by atoms with Crippen molar-refractivity contribution in [1.82, 2.24) is 20.2 Å². The van der Waals surface area contributed by atoms with Crippen LogP contribution in [0, 0.1) is 5.41 Å². The van der Waals surface area contributed by atoms with Gasteiger partial charge in [-0.15, -0.1) is 16.7 Å². The number of piperidine rings is 1. The molecule has 1 saturated heterocycles. The van der Waals surface area contributed by atoms with Crippen LogP contribution in [0.25, 0.3) is 11.2 Å². The topological polar surface area (TPSA) is 122 Å². The molecule has 1 fully saturated rings. The minimum atomic E-state index is -0.984. The molecule has 4 heterocycles. The van der Waals surface area contributed by atoms with Crippen molar-refractivity contribution >= 4 is 40.7 Å². The average molecular weight is 464 g/mol. The van der Waals surface area contributed by atoms with Crippen LogP contribution in [0.15, 0.2) is 47.3 Å². The van der Waals surface area contributed by atoms with Gasteiger partial charge < -0.3 is 15.4 Å². The van der Waals surface area contributed by atoms with E-state index in [4.69, 9.17) is 27.1 Å². The number of ether oxygens (including phenoxy) is 1. The Balaban J connectivity index is 1.18. The number of nitrogens with two attached hydrogens (primary N) is 1. The van der Waals surface area contributed by atoms with Gasteiger partial charge in [-0.1, -0.05) is 24.3 Å². The number of carbonyl (C=O) groups excluding carboxylic acids is 1. The van der Waals surface area contributed by atoms with Gasteiger partial charge in [-0.25, -0.2) is 15.0 Å². The van der Waals surface area contributed by atoms with Crippen molar-refractivity contribution in [3.63, 3.8) is 0 Å². The zero-order valence-electron chi connectivity index (χ0n) is 17.7. The van der Waals surface area contributed by atoms with Crippen LogP contribution in [0.5, 0.6) is 5.88 Å². The molecule has 2 atom stereocenters. The van der Waals surface area contributed by atoms with Gasteiger partial charge in [-0.05, 0) is 41.9 Å². The van der Waals surface area contributed by atoms with Crippen LogP contribution >= 0.6 is 11.6 Å². The van der Waals surface area contributed by atoms with E-state index in [-0.39, 0.29) is 23.1 Å². The first kappa shape index (κ1) is 20.3. The number of aromatic amines is 1. The summed E-state index contributed by atoms with van der Waals surface area (Å²) in [4.78, 5) is 26.8. The van der Waals surface area contributed by atoms with Gasteiger partial charge in [0.15, 0.2) is 16.5 Å². The van der Waals surface area contributed by atoms with Crippen molar-refractivity contribution in [3.8, 4) is 5.88 Å². The van der Waals surface area contributed by atoms with Gasteiger partial charge in [0.25, 0.3) is 11.8 Å². The number of fused-ring (bicyclic) bond motifs is 2. The molecule has 0 radical (unpaired) electrons. The summed E-state index contributed by atoms with van der Waals surface area (Å²) in [5, 5.41) is 6.05. The standard InChI is InChI=1S/C23H22ClN7O2/c24-17-15(5-8-26-21(17)32)33-22-18-20(29-30-22)28-16(12-27-18)31-9-6-23(7-10-31)11-13-3-1-2-4-14(13)19(23)25/h1-5,8,12,17,19H,6-7,9-11,25H2,(H,28,29,30)/t17?,19-/m1/s1. The second-order valence-electron chi connectivity index (χ2n) is 8.81. The molecule has 2 aromatic heterocycles. The molecule has 1 aromatic carbocycles. The quantitative estimate of drug-likeness (QED) is 0.572. The maximum atomic E-state index is 11.7. The van der Waals surface area contributed by atoms with E-state index in [1.165, 1.54) is 23.4 Å². The number of rotatable bonds is 3. The number of anilines is 1. The molecule has 3 aliphatic rings. The number of halogens is 1. The van der Waals surface area contributed by atoms with Gasteiger partial charge >= 0.3 is 0 Å². The second-order valence-corrected chi connectivity index (χ2v) is 9.24. The fraction of sp³-hybridized carbons (Fsp3) is 0.348. The summed E-state index contributed by atoms with van der Waals surface area (Å²) in [7, 11) is 0. The Morgan fingerprint density at radius 2 is 2.06 bits per heavy atom. The highest BCUT2D eigenvalue weighted by molar-refractivity contribution is 6.34. The van der Waals surface area contributed by atoms with E-state index in [2.05, 4.69) is 49.3 Å². The fourth-order valence-corrected chi connectivity index (χ4v) is 5.31. The number of nitrogens with zero attached hydrogens (tertiary/aromatic N) is 5. The van der Waals surface area contributed by atoms with Crippen LogP contribution in [-0.4, -0.2) is 50.8 Å². The number of allylic oxidation sites excluding steroid dienone is 1. The number of hydrogen-bond acceptors (Lipinski definition) is 7. The van der Waals surface area contributed by atoms with Crippen molar-refractivity contribution in [2.45, 2.75) is 30.7 Å². The highest BCUT2D eigenvalue weighted by atomic mass is 35.5. The van der Waals surface area contributed by atoms with Crippen LogP contribution in [0.3, 0.4) is 0 Å². The molecule has 9 nitrogen and oxygen atoms in total. The monoisotopic (exact) mass is 463 g/mol. The van der Waals surface area contributed by atoms with E-state index in [0.717, 1.165) is 38.2 Å². The zero-order valence-corrected chi connectivity index (χ0v) is 18.5. The normalized spacial score (nSPS) is 23.8. The van der Waals surface area contributed by atoms with Gasteiger partial charge in [-0.3, -0.25) is 9.89 Å². The first-order valence-corrected chi connectivity index (χ1v) is 11.4. The Morgan fingerprint density at radius 3 is 2.88 bits per heavy atom. The molecule has 0 saturated carbocycles. The molecule has 3 aromatic rings. The summed E-state index contributed by atoms with van der Waals surface area (Å²) < 4.78 is 5.73. The first-order chi connectivity index (χ1) is 16.0. The number of benzene rings is 1. The number of aromatic nitrogens is 4. The van der Waals surface area contributed by atoms with Crippen LogP contribution in [-0.2, 0) is 11.2 Å². The number of amides is 1. The molecule has 1 spiro atoms. The highest BCUT2D eigenvalue weighted by Gasteiger charge is 2.45. The Labute approximate surface area is 194 Å². The minimum Gasteiger partial charge on any atom is -0.438 e. The number of H-pyrrole nitrogens is 1. The van der Waals surface area contributed by atoms with Crippen LogP contribution in [0.4, 0.5) is 5.82 Å². The third-order valence-electron chi connectivity index (χ3n) is 7.02. The van der Waals surface area contributed by atoms with Crippen LogP contribution in [0.1, 0.15) is 30.0 Å². The summed E-state index contributed by atoms with van der Waals surface area (Å²) in [6, 6.07) is 8.61. The lowest BCUT2D eigenvalue weighted by Crippen LogP contribution is -2.44. The Kier molecular flexibility index (Phi) is 4.70. The van der Waals surface area contributed by atoms with Gasteiger partial charge in [0.1, 0.15) is 11.6 Å². The molecular formula is C23H22ClN7O2. The van der Waals surface area contributed by atoms with E-state index in [1.54, 1.807) is 6.20 Å². The maximum Gasteiger partial charge on any atom is 0.271 e. The lowest BCUT2D eigenvalue weighted by Gasteiger charge is -2.42. The van der Waals surface area contributed by atoms with Gasteiger partial charge in [0.05, 0.1) is 6.20 Å². The summed E-state index contributed by atoms with van der Waals surface area (Å²) in [6.45, 7) is 1.73. The van der Waals surface area contributed by atoms with Crippen molar-refractivity contribution in [2.75, 3.05) is 18.0 Å². The SMILES string of the molecule is N[C@@H]1c2ccccc2CC12CCN(c1cnc3c(OC4=CC=NC(=O)C4Cl)n[nH]c3n1)CC2. The third kappa shape index (κ3) is 3.30. The molecule has 2 aliphatic heterocycles. The molecule has 1 aliphatic carbocycles. The maximum absolute atomic E-state index is 11.7. The number of carbonyl (C=O) groups is 1. The average Bonchev–Trinajstić information content (AvgIpc) is 3.36. The number of dihydropyridines is 1. The van der Waals surface area contributed by atoms with Gasteiger partial charge in [0, 0.05) is 25.3 Å². The third-order valence-corrected chi connectivity index (χ3v) is 7.42. The molecular weight excluding hydrogens is 442 g/mol. The van der Waals surface area contributed by atoms with Gasteiger partial charge in [-0.2, -0.15) is 0 Å². The minimum absolute atomic E-state index is 0.0773. The van der Waals surface area contributed by atoms with E-state index >= 15 is 0 Å². The lowest BCUT2D eigenvalue weighted by molar-refractivity contribution is -0.117. The summed E-state index contributed by atoms with van der Waals surface area (Å²) in [5.41, 5.74) is 10.5. The summed E-state index contributed by atoms with van der Waals surface area (Å²) >= 11 is 6.07. The summed E-state index contributed by atoms with van der Waals surface area (Å²) in [6.07, 6.45) is 7.66. The molecule has 3 N–H and O–H groups in total. The Bertz CT molecular complexity index is 1310. The van der Waals surface area contributed by atoms with Gasteiger partial charge in [0.2, 0.25) is 0 Å². The Morgan fingerprint density at radius 1 is 1.24 bits per heavy atom. The van der Waals surface area contributed by atoms with E-state index in [9.17, 15) is 4.79 Å². The summed E-state index contributed by atoms with van der Waals surface area (Å²) in [5.74, 6) is 0.781. The smallest absolute Gasteiger partial charge is 0.271 e. The number of nitrogens with one attached hydrogen (secondary N) is 1. The predicted octanol–water partition coefficient (Wildman–Crippen LogP) is 2.68. The molecule has 33 heavy (non-hydrogen) atoms. The first-order valence-electron chi connectivity index (χ1n) is 10.9. The highest BCUT2D eigenvalue weighted by Crippen LogP contribution is 2.50. The number of aliphatic imine (C=N–C) groups is 1. The second kappa shape index (κ2) is 7.64.